The molecule has 0 saturated carbocycles. The van der Waals surface area contributed by atoms with Gasteiger partial charge in [-0.25, -0.2) is 0 Å². The molecule has 4 heteroatoms. The summed E-state index contributed by atoms with van der Waals surface area (Å²) >= 11 is 0. The van der Waals surface area contributed by atoms with Crippen LogP contribution in [0.3, 0.4) is 0 Å². The van der Waals surface area contributed by atoms with Gasteiger partial charge >= 0.3 is 0 Å². The highest BCUT2D eigenvalue weighted by molar-refractivity contribution is 4.85. The van der Waals surface area contributed by atoms with Gasteiger partial charge in [-0.3, -0.25) is 0 Å². The van der Waals surface area contributed by atoms with Crippen LogP contribution in [-0.2, 0) is 4.74 Å². The van der Waals surface area contributed by atoms with Gasteiger partial charge in [-0.2, -0.15) is 0 Å². The minimum atomic E-state index is 0.129. The highest BCUT2D eigenvalue weighted by atomic mass is 16.5. The molecule has 1 fully saturated rings. The van der Waals surface area contributed by atoms with E-state index in [1.54, 1.807) is 7.11 Å². The third kappa shape index (κ3) is 2.13. The first-order valence-corrected chi connectivity index (χ1v) is 3.97. The molecule has 3 unspecified atom stereocenters. The molecule has 4 N–H and O–H groups in total. The number of nitrogens with one attached hydrogen (secondary N) is 2. The third-order valence-electron chi connectivity index (χ3n) is 2.20. The van der Waals surface area contributed by atoms with Crippen LogP contribution in [-0.4, -0.2) is 39.0 Å². The van der Waals surface area contributed by atoms with Crippen molar-refractivity contribution in [2.75, 3.05) is 20.7 Å². The minimum absolute atomic E-state index is 0.129. The van der Waals surface area contributed by atoms with Gasteiger partial charge < -0.3 is 21.1 Å². The number of hydrogen-bond acceptors (Lipinski definition) is 4. The maximum absolute atomic E-state index is 5.79. The fourth-order valence-corrected chi connectivity index (χ4v) is 1.39. The Balaban J connectivity index is 2.37. The Morgan fingerprint density at radius 2 is 2.36 bits per heavy atom. The summed E-state index contributed by atoms with van der Waals surface area (Å²) in [6.45, 7) is 0.823. The Bertz CT molecular complexity index is 120. The smallest absolute Gasteiger partial charge is 0.0762 e. The first-order valence-electron chi connectivity index (χ1n) is 3.97. The Hall–Kier alpha value is -0.160. The van der Waals surface area contributed by atoms with Crippen LogP contribution < -0.4 is 16.4 Å². The average Bonchev–Trinajstić information content (AvgIpc) is 2.05. The number of hydrogen-bond donors (Lipinski definition) is 3. The lowest BCUT2D eigenvalue weighted by Crippen LogP contribution is -2.58. The summed E-state index contributed by atoms with van der Waals surface area (Å²) in [5.74, 6) is 0. The van der Waals surface area contributed by atoms with Crippen molar-refractivity contribution in [1.82, 2.24) is 10.6 Å². The van der Waals surface area contributed by atoms with Gasteiger partial charge in [0.1, 0.15) is 0 Å². The predicted octanol–water partition coefficient (Wildman–Crippen LogP) is -1.13. The van der Waals surface area contributed by atoms with E-state index in [1.165, 1.54) is 0 Å². The van der Waals surface area contributed by atoms with E-state index < -0.39 is 0 Å². The summed E-state index contributed by atoms with van der Waals surface area (Å²) in [4.78, 5) is 0. The lowest BCUT2D eigenvalue weighted by molar-refractivity contribution is 0.0425. The molecule has 1 rings (SSSR count). The Kier molecular flexibility index (Phi) is 3.26. The summed E-state index contributed by atoms with van der Waals surface area (Å²) in [5, 5.41) is 6.41. The molecule has 0 spiro atoms. The van der Waals surface area contributed by atoms with E-state index in [1.807, 2.05) is 7.05 Å². The SMILES string of the molecule is CNC1CC(OC)C(N)CN1. The van der Waals surface area contributed by atoms with Crippen molar-refractivity contribution in [3.05, 3.63) is 0 Å². The van der Waals surface area contributed by atoms with Crippen molar-refractivity contribution in [3.8, 4) is 0 Å². The zero-order valence-electron chi connectivity index (χ0n) is 7.13. The van der Waals surface area contributed by atoms with Crippen molar-refractivity contribution in [3.63, 3.8) is 0 Å². The molecule has 0 bridgehead atoms. The molecule has 0 aliphatic carbocycles. The second-order valence-electron chi connectivity index (χ2n) is 2.92. The molecule has 4 nitrogen and oxygen atoms in total. The summed E-state index contributed by atoms with van der Waals surface area (Å²) < 4.78 is 5.23. The van der Waals surface area contributed by atoms with Crippen molar-refractivity contribution in [1.29, 1.82) is 0 Å². The van der Waals surface area contributed by atoms with Crippen LogP contribution in [0.1, 0.15) is 6.42 Å². The maximum Gasteiger partial charge on any atom is 0.0762 e. The topological polar surface area (TPSA) is 59.3 Å². The van der Waals surface area contributed by atoms with Crippen LogP contribution in [0, 0.1) is 0 Å². The van der Waals surface area contributed by atoms with E-state index in [0.717, 1.165) is 13.0 Å². The average molecular weight is 159 g/mol. The van der Waals surface area contributed by atoms with Gasteiger partial charge in [0.25, 0.3) is 0 Å². The standard InChI is InChI=1S/C7H17N3O/c1-9-7-3-6(11-2)5(8)4-10-7/h5-7,9-10H,3-4,8H2,1-2H3. The Labute approximate surface area is 67.5 Å². The van der Waals surface area contributed by atoms with Gasteiger partial charge in [0.15, 0.2) is 0 Å². The molecule has 1 aliphatic heterocycles. The van der Waals surface area contributed by atoms with Crippen LogP contribution in [0.4, 0.5) is 0 Å². The molecule has 0 aromatic rings. The van der Waals surface area contributed by atoms with E-state index in [2.05, 4.69) is 10.6 Å². The summed E-state index contributed by atoms with van der Waals surface area (Å²) in [5.41, 5.74) is 5.79. The molecule has 0 amide bonds. The molecule has 11 heavy (non-hydrogen) atoms. The number of piperidine rings is 1. The van der Waals surface area contributed by atoms with Gasteiger partial charge in [-0.15, -0.1) is 0 Å². The van der Waals surface area contributed by atoms with Crippen molar-refractivity contribution >= 4 is 0 Å². The fraction of sp³-hybridized carbons (Fsp3) is 1.00. The number of ether oxygens (including phenoxy) is 1. The number of rotatable bonds is 2. The van der Waals surface area contributed by atoms with Crippen molar-refractivity contribution < 1.29 is 4.74 Å². The molecule has 1 aliphatic rings. The van der Waals surface area contributed by atoms with Gasteiger partial charge in [-0.1, -0.05) is 0 Å². The molecule has 66 valence electrons. The molecule has 0 aromatic carbocycles. The van der Waals surface area contributed by atoms with Gasteiger partial charge in [0.2, 0.25) is 0 Å². The van der Waals surface area contributed by atoms with Crippen molar-refractivity contribution in [2.24, 2.45) is 5.73 Å². The monoisotopic (exact) mass is 159 g/mol. The number of nitrogens with two attached hydrogens (primary N) is 1. The summed E-state index contributed by atoms with van der Waals surface area (Å²) in [6, 6.07) is 0.129. The van der Waals surface area contributed by atoms with E-state index in [0.29, 0.717) is 6.17 Å². The number of methoxy groups -OCH3 is 1. The summed E-state index contributed by atoms with van der Waals surface area (Å²) in [6.07, 6.45) is 1.47. The van der Waals surface area contributed by atoms with Crippen LogP contribution in [0.5, 0.6) is 0 Å². The molecular weight excluding hydrogens is 142 g/mol. The Morgan fingerprint density at radius 1 is 1.64 bits per heavy atom. The van der Waals surface area contributed by atoms with Gasteiger partial charge in [0, 0.05) is 26.1 Å². The third-order valence-corrected chi connectivity index (χ3v) is 2.20. The molecular formula is C7H17N3O. The second-order valence-corrected chi connectivity index (χ2v) is 2.92. The fourth-order valence-electron chi connectivity index (χ4n) is 1.39. The van der Waals surface area contributed by atoms with Crippen molar-refractivity contribution in [2.45, 2.75) is 24.7 Å². The van der Waals surface area contributed by atoms with E-state index in [4.69, 9.17) is 10.5 Å². The lowest BCUT2D eigenvalue weighted by atomic mass is 10.0. The van der Waals surface area contributed by atoms with Crippen LogP contribution in [0.2, 0.25) is 0 Å². The van der Waals surface area contributed by atoms with Crippen LogP contribution >= 0.6 is 0 Å². The molecule has 3 atom stereocenters. The largest absolute Gasteiger partial charge is 0.380 e. The quantitative estimate of drug-likeness (QED) is 0.477. The normalized spacial score (nSPS) is 39.0. The molecule has 0 aromatic heterocycles. The molecule has 1 saturated heterocycles. The van der Waals surface area contributed by atoms with Gasteiger partial charge in [0.05, 0.1) is 12.3 Å². The zero-order valence-corrected chi connectivity index (χ0v) is 7.13. The first-order chi connectivity index (χ1) is 5.27. The summed E-state index contributed by atoms with van der Waals surface area (Å²) in [7, 11) is 3.64. The molecule has 1 heterocycles. The molecule has 0 radical (unpaired) electrons. The first kappa shape index (κ1) is 8.93. The van der Waals surface area contributed by atoms with E-state index >= 15 is 0 Å². The highest BCUT2D eigenvalue weighted by Gasteiger charge is 2.26. The zero-order chi connectivity index (χ0) is 8.27. The second kappa shape index (κ2) is 4.01. The highest BCUT2D eigenvalue weighted by Crippen LogP contribution is 2.08. The van der Waals surface area contributed by atoms with E-state index in [9.17, 15) is 0 Å². The minimum Gasteiger partial charge on any atom is -0.380 e. The predicted molar refractivity (Wildman–Crippen MR) is 44.2 cm³/mol. The van der Waals surface area contributed by atoms with Crippen LogP contribution in [0.25, 0.3) is 0 Å². The maximum atomic E-state index is 5.79. The Morgan fingerprint density at radius 3 is 2.91 bits per heavy atom. The van der Waals surface area contributed by atoms with Crippen LogP contribution in [0.15, 0.2) is 0 Å². The van der Waals surface area contributed by atoms with E-state index in [-0.39, 0.29) is 12.1 Å². The van der Waals surface area contributed by atoms with Gasteiger partial charge in [-0.05, 0) is 7.05 Å². The lowest BCUT2D eigenvalue weighted by Gasteiger charge is -2.33.